The van der Waals surface area contributed by atoms with Gasteiger partial charge in [-0.05, 0) is 39.2 Å². The van der Waals surface area contributed by atoms with Gasteiger partial charge in [0.1, 0.15) is 0 Å². The first-order chi connectivity index (χ1) is 12.1. The van der Waals surface area contributed by atoms with E-state index in [4.69, 9.17) is 0 Å². The van der Waals surface area contributed by atoms with Crippen LogP contribution in [-0.2, 0) is 4.79 Å². The molecule has 0 atom stereocenters. The van der Waals surface area contributed by atoms with Crippen LogP contribution >= 0.6 is 0 Å². The minimum absolute atomic E-state index is 0.161. The fourth-order valence-corrected chi connectivity index (χ4v) is 2.67. The van der Waals surface area contributed by atoms with E-state index in [1.165, 1.54) is 19.3 Å². The lowest BCUT2D eigenvalue weighted by atomic mass is 9.93. The minimum Gasteiger partial charge on any atom is -0.336 e. The molecule has 0 spiro atoms. The molecular weight excluding hydrogens is 306 g/mol. The summed E-state index contributed by atoms with van der Waals surface area (Å²) < 4.78 is 0. The Morgan fingerprint density at radius 2 is 1.36 bits per heavy atom. The van der Waals surface area contributed by atoms with E-state index in [2.05, 4.69) is 13.5 Å². The molecule has 0 aromatic rings. The highest BCUT2D eigenvalue weighted by atomic mass is 16.2. The molecule has 1 aliphatic rings. The lowest BCUT2D eigenvalue weighted by Crippen LogP contribution is -2.42. The van der Waals surface area contributed by atoms with Crippen LogP contribution in [0.4, 0.5) is 0 Å². The van der Waals surface area contributed by atoms with Crippen LogP contribution in [0.3, 0.4) is 0 Å². The van der Waals surface area contributed by atoms with Crippen molar-refractivity contribution in [3.05, 3.63) is 23.8 Å². The molecule has 1 rings (SSSR count). The first-order valence-corrected chi connectivity index (χ1v) is 10.7. The quantitative estimate of drug-likeness (QED) is 0.372. The molecule has 0 aromatic heterocycles. The Labute approximate surface area is 160 Å². The maximum absolute atomic E-state index is 12.4. The van der Waals surface area contributed by atoms with Crippen LogP contribution in [0.2, 0.25) is 0 Å². The molecule has 0 aliphatic heterocycles. The number of rotatable bonds is 4. The highest BCUT2D eigenvalue weighted by molar-refractivity contribution is 5.97. The van der Waals surface area contributed by atoms with Crippen LogP contribution in [0.15, 0.2) is 23.8 Å². The average Bonchev–Trinajstić information content (AvgIpc) is 2.70. The third-order valence-corrected chi connectivity index (χ3v) is 3.60. The zero-order chi connectivity index (χ0) is 20.8. The number of hydrogen-bond acceptors (Lipinski definition) is 1. The van der Waals surface area contributed by atoms with Crippen LogP contribution < -0.4 is 0 Å². The van der Waals surface area contributed by atoms with E-state index in [1.807, 2.05) is 80.2 Å². The van der Waals surface area contributed by atoms with Gasteiger partial charge in [-0.2, -0.15) is 0 Å². The van der Waals surface area contributed by atoms with Crippen molar-refractivity contribution in [1.29, 1.82) is 0 Å². The Hall–Kier alpha value is -1.05. The Balaban J connectivity index is -0.000000241. The van der Waals surface area contributed by atoms with E-state index in [0.29, 0.717) is 6.04 Å². The van der Waals surface area contributed by atoms with Crippen LogP contribution in [0.1, 0.15) is 108 Å². The highest BCUT2D eigenvalue weighted by Crippen LogP contribution is 2.24. The van der Waals surface area contributed by atoms with E-state index < -0.39 is 0 Å². The molecule has 1 aliphatic carbocycles. The second-order valence-corrected chi connectivity index (χ2v) is 4.87. The average molecular weight is 356 g/mol. The number of hydrogen-bond donors (Lipinski definition) is 0. The van der Waals surface area contributed by atoms with Crippen molar-refractivity contribution in [3.63, 3.8) is 0 Å². The number of allylic oxidation sites excluding steroid dienone is 1. The summed E-state index contributed by atoms with van der Waals surface area (Å²) in [5.41, 5.74) is 1.64. The molecule has 0 N–H and O–H groups in total. The summed E-state index contributed by atoms with van der Waals surface area (Å²) in [6.07, 6.45) is 8.04. The van der Waals surface area contributed by atoms with Crippen molar-refractivity contribution in [2.45, 2.75) is 114 Å². The lowest BCUT2D eigenvalue weighted by molar-refractivity contribution is -0.129. The highest BCUT2D eigenvalue weighted by Gasteiger charge is 2.25. The standard InChI is InChI=1S/C15H25NO.4C2H6/c1-5-14(12(3)4)15(17)16(6-2)13-10-8-7-9-11-13;4*1-2/h5,13H,3,6-11H2,1-2,4H3;4*1-2H3/b14-5+;;;;. The fourth-order valence-electron chi connectivity index (χ4n) is 2.67. The molecular formula is C23H49NO. The molecule has 0 heterocycles. The number of amides is 1. The Morgan fingerprint density at radius 3 is 1.64 bits per heavy atom. The number of nitrogens with zero attached hydrogens (tertiary/aromatic N) is 1. The largest absolute Gasteiger partial charge is 0.336 e. The van der Waals surface area contributed by atoms with Gasteiger partial charge in [0.2, 0.25) is 0 Å². The van der Waals surface area contributed by atoms with E-state index in [9.17, 15) is 4.79 Å². The predicted octanol–water partition coefficient (Wildman–Crippen LogP) is 7.79. The van der Waals surface area contributed by atoms with Gasteiger partial charge in [0, 0.05) is 18.2 Å². The van der Waals surface area contributed by atoms with Crippen molar-refractivity contribution >= 4 is 5.91 Å². The first-order valence-electron chi connectivity index (χ1n) is 10.7. The van der Waals surface area contributed by atoms with Crippen molar-refractivity contribution in [1.82, 2.24) is 4.90 Å². The number of carbonyl (C=O) groups is 1. The van der Waals surface area contributed by atoms with Gasteiger partial charge in [0.25, 0.3) is 5.91 Å². The zero-order valence-electron chi connectivity index (χ0n) is 19.5. The van der Waals surface area contributed by atoms with E-state index in [1.54, 1.807) is 0 Å². The molecule has 1 saturated carbocycles. The SMILES string of the molecule is C=C(C)/C(=C\C)C(=O)N(CC)C1CCCCC1.CC.CC.CC.CC. The van der Waals surface area contributed by atoms with Gasteiger partial charge in [-0.15, -0.1) is 0 Å². The number of likely N-dealkylation sites (N-methyl/N-ethyl adjacent to an activating group) is 1. The van der Waals surface area contributed by atoms with Crippen molar-refractivity contribution in [2.75, 3.05) is 6.54 Å². The van der Waals surface area contributed by atoms with Gasteiger partial charge in [0.15, 0.2) is 0 Å². The summed E-state index contributed by atoms with van der Waals surface area (Å²) in [5, 5.41) is 0. The van der Waals surface area contributed by atoms with Crippen molar-refractivity contribution in [2.24, 2.45) is 0 Å². The Bertz CT molecular complexity index is 312. The van der Waals surface area contributed by atoms with Gasteiger partial charge < -0.3 is 4.90 Å². The van der Waals surface area contributed by atoms with Crippen LogP contribution in [0.5, 0.6) is 0 Å². The van der Waals surface area contributed by atoms with Gasteiger partial charge in [0.05, 0.1) is 0 Å². The molecule has 0 radical (unpaired) electrons. The van der Waals surface area contributed by atoms with E-state index in [0.717, 1.165) is 30.5 Å². The fraction of sp³-hybridized carbons (Fsp3) is 0.783. The normalized spacial score (nSPS) is 13.2. The van der Waals surface area contributed by atoms with Gasteiger partial charge >= 0.3 is 0 Å². The van der Waals surface area contributed by atoms with Crippen molar-refractivity contribution < 1.29 is 4.79 Å². The molecule has 2 heteroatoms. The second kappa shape index (κ2) is 25.2. The summed E-state index contributed by atoms with van der Waals surface area (Å²) in [7, 11) is 0. The van der Waals surface area contributed by atoms with Gasteiger partial charge in [-0.25, -0.2) is 0 Å². The molecule has 0 bridgehead atoms. The summed E-state index contributed by atoms with van der Waals surface area (Å²) in [5.74, 6) is 0.161. The zero-order valence-corrected chi connectivity index (χ0v) is 19.5. The third-order valence-electron chi connectivity index (χ3n) is 3.60. The first kappa shape index (κ1) is 31.7. The third kappa shape index (κ3) is 13.9. The smallest absolute Gasteiger partial charge is 0.254 e. The predicted molar refractivity (Wildman–Crippen MR) is 118 cm³/mol. The monoisotopic (exact) mass is 355 g/mol. The molecule has 0 aromatic carbocycles. The topological polar surface area (TPSA) is 20.3 Å². The van der Waals surface area contributed by atoms with Crippen LogP contribution in [0.25, 0.3) is 0 Å². The number of carbonyl (C=O) groups excluding carboxylic acids is 1. The van der Waals surface area contributed by atoms with Crippen LogP contribution in [-0.4, -0.2) is 23.4 Å². The summed E-state index contributed by atoms with van der Waals surface area (Å²) in [6, 6.07) is 0.440. The van der Waals surface area contributed by atoms with E-state index >= 15 is 0 Å². The molecule has 0 unspecified atom stereocenters. The van der Waals surface area contributed by atoms with Crippen molar-refractivity contribution in [3.8, 4) is 0 Å². The van der Waals surface area contributed by atoms with Gasteiger partial charge in [-0.3, -0.25) is 4.79 Å². The summed E-state index contributed by atoms with van der Waals surface area (Å²) in [4.78, 5) is 14.5. The maximum atomic E-state index is 12.4. The Kier molecular flexibility index (Phi) is 31.9. The molecule has 2 nitrogen and oxygen atoms in total. The summed E-state index contributed by atoms with van der Waals surface area (Å²) in [6.45, 7) is 26.6. The minimum atomic E-state index is 0.161. The van der Waals surface area contributed by atoms with E-state index in [-0.39, 0.29) is 5.91 Å². The maximum Gasteiger partial charge on any atom is 0.254 e. The molecule has 25 heavy (non-hydrogen) atoms. The Morgan fingerprint density at radius 1 is 0.960 bits per heavy atom. The molecule has 152 valence electrons. The molecule has 1 amide bonds. The van der Waals surface area contributed by atoms with Crippen LogP contribution in [0, 0.1) is 0 Å². The van der Waals surface area contributed by atoms with Gasteiger partial charge in [-0.1, -0.05) is 87.3 Å². The molecule has 1 fully saturated rings. The molecule has 0 saturated heterocycles. The lowest BCUT2D eigenvalue weighted by Gasteiger charge is -2.34. The second-order valence-electron chi connectivity index (χ2n) is 4.87. The summed E-state index contributed by atoms with van der Waals surface area (Å²) >= 11 is 0.